The van der Waals surface area contributed by atoms with Gasteiger partial charge < -0.3 is 9.47 Å². The molecular formula is C18H23NO2. The normalized spacial score (nSPS) is 22.3. The minimum Gasteiger partial charge on any atom is -0.348 e. The zero-order valence-electron chi connectivity index (χ0n) is 12.6. The van der Waals surface area contributed by atoms with Gasteiger partial charge in [0.25, 0.3) is 0 Å². The molecule has 1 fully saturated rings. The van der Waals surface area contributed by atoms with Crippen molar-refractivity contribution in [1.82, 2.24) is 0 Å². The summed E-state index contributed by atoms with van der Waals surface area (Å²) in [6.07, 6.45) is 9.11. The number of benzene rings is 1. The van der Waals surface area contributed by atoms with Gasteiger partial charge in [0.05, 0.1) is 24.8 Å². The Labute approximate surface area is 127 Å². The molecule has 0 amide bonds. The molecule has 0 unspecified atom stereocenters. The lowest BCUT2D eigenvalue weighted by molar-refractivity contribution is -0.197. The van der Waals surface area contributed by atoms with Crippen LogP contribution in [0.4, 0.5) is 0 Å². The van der Waals surface area contributed by atoms with Gasteiger partial charge in [-0.3, -0.25) is 0 Å². The average Bonchev–Trinajstić information content (AvgIpc) is 2.55. The predicted octanol–water partition coefficient (Wildman–Crippen LogP) is 4.36. The van der Waals surface area contributed by atoms with Crippen LogP contribution in [-0.2, 0) is 9.47 Å². The molecule has 0 spiro atoms. The zero-order valence-corrected chi connectivity index (χ0v) is 12.6. The molecule has 1 aliphatic heterocycles. The second-order valence-corrected chi connectivity index (χ2v) is 5.42. The molecule has 0 aliphatic carbocycles. The van der Waals surface area contributed by atoms with E-state index in [4.69, 9.17) is 14.7 Å². The van der Waals surface area contributed by atoms with E-state index >= 15 is 0 Å². The summed E-state index contributed by atoms with van der Waals surface area (Å²) >= 11 is 0. The minimum atomic E-state index is -0.303. The molecule has 2 rings (SSSR count). The number of rotatable bonds is 6. The maximum absolute atomic E-state index is 8.79. The smallest absolute Gasteiger partial charge is 0.183 e. The summed E-state index contributed by atoms with van der Waals surface area (Å²) in [6.45, 7) is 3.60. The van der Waals surface area contributed by atoms with Crippen LogP contribution < -0.4 is 0 Å². The number of nitrogens with zero attached hydrogens (tertiary/aromatic N) is 1. The third kappa shape index (κ3) is 5.00. The molecule has 1 aromatic carbocycles. The lowest BCUT2D eigenvalue weighted by atomic mass is 10.1. The molecule has 0 aromatic heterocycles. The molecule has 0 atom stereocenters. The standard InChI is InChI=1S/C18H23NO2/c1-2-3-4-5-6-7-16-13-20-18(21-14-16)17-10-8-15(12-19)9-11-17/h6-11,16,18H,2-5,13-14H2,1H3. The highest BCUT2D eigenvalue weighted by molar-refractivity contribution is 5.32. The second kappa shape index (κ2) is 8.61. The topological polar surface area (TPSA) is 42.2 Å². The molecule has 3 heteroatoms. The van der Waals surface area contributed by atoms with E-state index in [0.29, 0.717) is 24.7 Å². The van der Waals surface area contributed by atoms with Gasteiger partial charge in [-0.1, -0.05) is 44.1 Å². The molecule has 1 saturated heterocycles. The summed E-state index contributed by atoms with van der Waals surface area (Å²) in [7, 11) is 0. The number of unbranched alkanes of at least 4 members (excludes halogenated alkanes) is 3. The van der Waals surface area contributed by atoms with Gasteiger partial charge in [-0.05, 0) is 25.0 Å². The number of allylic oxidation sites excluding steroid dienone is 1. The van der Waals surface area contributed by atoms with Gasteiger partial charge in [-0.2, -0.15) is 5.26 Å². The summed E-state index contributed by atoms with van der Waals surface area (Å²) < 4.78 is 11.5. The van der Waals surface area contributed by atoms with Crippen LogP contribution in [0.5, 0.6) is 0 Å². The van der Waals surface area contributed by atoms with E-state index in [9.17, 15) is 0 Å². The number of nitriles is 1. The fourth-order valence-electron chi connectivity index (χ4n) is 2.34. The molecule has 21 heavy (non-hydrogen) atoms. The Bertz CT molecular complexity index is 479. The Balaban J connectivity index is 1.76. The van der Waals surface area contributed by atoms with E-state index in [1.165, 1.54) is 19.3 Å². The third-order valence-corrected chi connectivity index (χ3v) is 3.62. The van der Waals surface area contributed by atoms with Gasteiger partial charge in [0.1, 0.15) is 0 Å². The number of hydrogen-bond acceptors (Lipinski definition) is 3. The summed E-state index contributed by atoms with van der Waals surface area (Å²) in [6, 6.07) is 9.48. The Morgan fingerprint density at radius 2 is 1.90 bits per heavy atom. The second-order valence-electron chi connectivity index (χ2n) is 5.42. The molecule has 0 bridgehead atoms. The first-order valence-corrected chi connectivity index (χ1v) is 7.73. The van der Waals surface area contributed by atoms with E-state index < -0.39 is 0 Å². The fourth-order valence-corrected chi connectivity index (χ4v) is 2.34. The van der Waals surface area contributed by atoms with Crippen LogP contribution in [0, 0.1) is 17.2 Å². The van der Waals surface area contributed by atoms with Crippen molar-refractivity contribution < 1.29 is 9.47 Å². The molecule has 0 radical (unpaired) electrons. The Kier molecular flexibility index (Phi) is 6.46. The van der Waals surface area contributed by atoms with Crippen LogP contribution in [0.1, 0.15) is 50.0 Å². The Morgan fingerprint density at radius 3 is 2.52 bits per heavy atom. The Hall–Kier alpha value is -1.63. The van der Waals surface area contributed by atoms with Crippen LogP contribution in [0.3, 0.4) is 0 Å². The van der Waals surface area contributed by atoms with Crippen molar-refractivity contribution in [3.63, 3.8) is 0 Å². The van der Waals surface area contributed by atoms with E-state index in [2.05, 4.69) is 25.1 Å². The highest BCUT2D eigenvalue weighted by atomic mass is 16.7. The van der Waals surface area contributed by atoms with Crippen LogP contribution in [0.2, 0.25) is 0 Å². The van der Waals surface area contributed by atoms with Crippen LogP contribution in [-0.4, -0.2) is 13.2 Å². The maximum Gasteiger partial charge on any atom is 0.183 e. The van der Waals surface area contributed by atoms with E-state index in [1.54, 1.807) is 12.1 Å². The molecule has 112 valence electrons. The van der Waals surface area contributed by atoms with Crippen molar-refractivity contribution >= 4 is 0 Å². The van der Waals surface area contributed by atoms with Crippen molar-refractivity contribution in [2.24, 2.45) is 5.92 Å². The predicted molar refractivity (Wildman–Crippen MR) is 82.6 cm³/mol. The van der Waals surface area contributed by atoms with Crippen molar-refractivity contribution in [3.8, 4) is 6.07 Å². The molecule has 1 heterocycles. The van der Waals surface area contributed by atoms with Crippen LogP contribution >= 0.6 is 0 Å². The van der Waals surface area contributed by atoms with Crippen LogP contribution in [0.25, 0.3) is 0 Å². The van der Waals surface area contributed by atoms with Crippen molar-refractivity contribution in [3.05, 3.63) is 47.5 Å². The zero-order chi connectivity index (χ0) is 14.9. The number of hydrogen-bond donors (Lipinski definition) is 0. The quantitative estimate of drug-likeness (QED) is 0.576. The summed E-state index contributed by atoms with van der Waals surface area (Å²) in [5.41, 5.74) is 1.63. The van der Waals surface area contributed by atoms with Gasteiger partial charge in [0.15, 0.2) is 6.29 Å². The van der Waals surface area contributed by atoms with Crippen molar-refractivity contribution in [1.29, 1.82) is 5.26 Å². The first-order chi connectivity index (χ1) is 10.3. The van der Waals surface area contributed by atoms with Crippen LogP contribution in [0.15, 0.2) is 36.4 Å². The highest BCUT2D eigenvalue weighted by Gasteiger charge is 2.21. The molecular weight excluding hydrogens is 262 g/mol. The molecule has 0 N–H and O–H groups in total. The molecule has 1 aromatic rings. The molecule has 1 aliphatic rings. The van der Waals surface area contributed by atoms with E-state index in [-0.39, 0.29) is 6.29 Å². The average molecular weight is 285 g/mol. The maximum atomic E-state index is 8.79. The monoisotopic (exact) mass is 285 g/mol. The lowest BCUT2D eigenvalue weighted by Crippen LogP contribution is -2.25. The van der Waals surface area contributed by atoms with Gasteiger partial charge in [0.2, 0.25) is 0 Å². The molecule has 0 saturated carbocycles. The van der Waals surface area contributed by atoms with Crippen molar-refractivity contribution in [2.75, 3.05) is 13.2 Å². The minimum absolute atomic E-state index is 0.303. The van der Waals surface area contributed by atoms with Gasteiger partial charge in [-0.15, -0.1) is 0 Å². The highest BCUT2D eigenvalue weighted by Crippen LogP contribution is 2.25. The summed E-state index contributed by atoms with van der Waals surface area (Å²) in [5.74, 6) is 0.348. The fraction of sp³-hybridized carbons (Fsp3) is 0.500. The van der Waals surface area contributed by atoms with E-state index in [1.807, 2.05) is 12.1 Å². The third-order valence-electron chi connectivity index (χ3n) is 3.62. The molecule has 3 nitrogen and oxygen atoms in total. The van der Waals surface area contributed by atoms with Gasteiger partial charge >= 0.3 is 0 Å². The van der Waals surface area contributed by atoms with Crippen molar-refractivity contribution in [2.45, 2.75) is 38.9 Å². The number of ether oxygens (including phenoxy) is 2. The van der Waals surface area contributed by atoms with Gasteiger partial charge in [-0.25, -0.2) is 0 Å². The first kappa shape index (κ1) is 15.8. The first-order valence-electron chi connectivity index (χ1n) is 7.73. The summed E-state index contributed by atoms with van der Waals surface area (Å²) in [4.78, 5) is 0. The largest absolute Gasteiger partial charge is 0.348 e. The van der Waals surface area contributed by atoms with Gasteiger partial charge in [0, 0.05) is 11.5 Å². The SMILES string of the molecule is CCCCCC=CC1COC(c2ccc(C#N)cc2)OC1. The lowest BCUT2D eigenvalue weighted by Gasteiger charge is -2.28. The summed E-state index contributed by atoms with van der Waals surface area (Å²) in [5, 5.41) is 8.79. The van der Waals surface area contributed by atoms with E-state index in [0.717, 1.165) is 12.0 Å². The Morgan fingerprint density at radius 1 is 1.19 bits per heavy atom.